The highest BCUT2D eigenvalue weighted by Gasteiger charge is 2.22. The van der Waals surface area contributed by atoms with E-state index >= 15 is 0 Å². The summed E-state index contributed by atoms with van der Waals surface area (Å²) in [6.07, 6.45) is 1.59. The Balaban J connectivity index is 2.61. The molecule has 2 rings (SSSR count). The summed E-state index contributed by atoms with van der Waals surface area (Å²) in [6.45, 7) is 0. The predicted molar refractivity (Wildman–Crippen MR) is 56.8 cm³/mol. The SMILES string of the molecule is N#Cc1c(-c2cncs2)csc1[N+](=O)[O-]. The Morgan fingerprint density at radius 2 is 2.33 bits per heavy atom. The van der Waals surface area contributed by atoms with Gasteiger partial charge >= 0.3 is 5.00 Å². The van der Waals surface area contributed by atoms with Crippen LogP contribution in [0.2, 0.25) is 0 Å². The zero-order valence-electron chi connectivity index (χ0n) is 7.21. The fraction of sp³-hybridized carbons (Fsp3) is 0. The minimum Gasteiger partial charge on any atom is -0.258 e. The van der Waals surface area contributed by atoms with E-state index in [1.165, 1.54) is 11.3 Å². The molecule has 15 heavy (non-hydrogen) atoms. The molecule has 0 atom stereocenters. The number of nitrogens with zero attached hydrogens (tertiary/aromatic N) is 3. The fourth-order valence-corrected chi connectivity index (χ4v) is 2.67. The van der Waals surface area contributed by atoms with Gasteiger partial charge in [-0.15, -0.1) is 11.3 Å². The average molecular weight is 237 g/mol. The molecule has 0 aliphatic rings. The van der Waals surface area contributed by atoms with E-state index in [1.807, 2.05) is 6.07 Å². The minimum absolute atomic E-state index is 0.110. The zero-order valence-corrected chi connectivity index (χ0v) is 8.84. The van der Waals surface area contributed by atoms with E-state index in [0.29, 0.717) is 5.56 Å². The van der Waals surface area contributed by atoms with E-state index in [9.17, 15) is 10.1 Å². The van der Waals surface area contributed by atoms with E-state index in [1.54, 1.807) is 17.1 Å². The topological polar surface area (TPSA) is 79.8 Å². The van der Waals surface area contributed by atoms with Gasteiger partial charge in [-0.25, -0.2) is 0 Å². The third-order valence-electron chi connectivity index (χ3n) is 1.75. The molecule has 0 radical (unpaired) electrons. The Bertz CT molecular complexity index is 539. The summed E-state index contributed by atoms with van der Waals surface area (Å²) < 4.78 is 0. The molecule has 0 spiro atoms. The first-order chi connectivity index (χ1) is 7.24. The third kappa shape index (κ3) is 1.60. The molecular formula is C8H3N3O2S2. The zero-order chi connectivity index (χ0) is 10.8. The second kappa shape index (κ2) is 3.76. The molecule has 0 aliphatic heterocycles. The standard InChI is InChI=1S/C8H3N3O2S2/c9-1-5-6(7-2-10-4-15-7)3-14-8(5)11(12)13/h2-4H. The Morgan fingerprint density at radius 1 is 1.53 bits per heavy atom. The Morgan fingerprint density at radius 3 is 2.87 bits per heavy atom. The summed E-state index contributed by atoms with van der Waals surface area (Å²) in [4.78, 5) is 14.7. The molecule has 5 nitrogen and oxygen atoms in total. The van der Waals surface area contributed by atoms with E-state index in [-0.39, 0.29) is 10.6 Å². The molecular weight excluding hydrogens is 234 g/mol. The number of aromatic nitrogens is 1. The van der Waals surface area contributed by atoms with Gasteiger partial charge in [-0.05, 0) is 0 Å². The Hall–Kier alpha value is -1.78. The second-order valence-electron chi connectivity index (χ2n) is 2.56. The van der Waals surface area contributed by atoms with Crippen LogP contribution in [-0.4, -0.2) is 9.91 Å². The largest absolute Gasteiger partial charge is 0.342 e. The van der Waals surface area contributed by atoms with Crippen LogP contribution in [0, 0.1) is 21.4 Å². The van der Waals surface area contributed by atoms with Crippen molar-refractivity contribution in [2.24, 2.45) is 0 Å². The maximum absolute atomic E-state index is 10.6. The fourth-order valence-electron chi connectivity index (χ4n) is 1.12. The normalized spacial score (nSPS) is 9.80. The van der Waals surface area contributed by atoms with Crippen LogP contribution in [0.5, 0.6) is 0 Å². The van der Waals surface area contributed by atoms with Crippen molar-refractivity contribution in [3.8, 4) is 16.5 Å². The number of hydrogen-bond donors (Lipinski definition) is 0. The molecule has 0 aromatic carbocycles. The van der Waals surface area contributed by atoms with Gasteiger partial charge < -0.3 is 0 Å². The second-order valence-corrected chi connectivity index (χ2v) is 4.31. The summed E-state index contributed by atoms with van der Waals surface area (Å²) in [5.41, 5.74) is 2.34. The van der Waals surface area contributed by atoms with Crippen molar-refractivity contribution in [3.05, 3.63) is 32.8 Å². The molecule has 0 N–H and O–H groups in total. The number of hydrogen-bond acceptors (Lipinski definition) is 6. The van der Waals surface area contributed by atoms with Gasteiger partial charge in [-0.3, -0.25) is 15.1 Å². The van der Waals surface area contributed by atoms with Crippen LogP contribution in [0.15, 0.2) is 17.1 Å². The summed E-state index contributed by atoms with van der Waals surface area (Å²) in [5.74, 6) is 0. The molecule has 7 heteroatoms. The molecule has 0 fully saturated rings. The lowest BCUT2D eigenvalue weighted by Crippen LogP contribution is -1.87. The van der Waals surface area contributed by atoms with Crippen LogP contribution in [-0.2, 0) is 0 Å². The monoisotopic (exact) mass is 237 g/mol. The van der Waals surface area contributed by atoms with Crippen molar-refractivity contribution in [2.75, 3.05) is 0 Å². The Kier molecular flexibility index (Phi) is 2.45. The first-order valence-electron chi connectivity index (χ1n) is 3.79. The van der Waals surface area contributed by atoms with Crippen molar-refractivity contribution in [3.63, 3.8) is 0 Å². The minimum atomic E-state index is -0.534. The van der Waals surface area contributed by atoms with Gasteiger partial charge in [0.1, 0.15) is 6.07 Å². The van der Waals surface area contributed by atoms with Crippen molar-refractivity contribution >= 4 is 27.7 Å². The number of nitro groups is 1. The molecule has 0 unspecified atom stereocenters. The lowest BCUT2D eigenvalue weighted by Gasteiger charge is -1.90. The van der Waals surface area contributed by atoms with Gasteiger partial charge in [0.25, 0.3) is 0 Å². The first-order valence-corrected chi connectivity index (χ1v) is 5.55. The van der Waals surface area contributed by atoms with E-state index in [0.717, 1.165) is 16.2 Å². The lowest BCUT2D eigenvalue weighted by molar-refractivity contribution is -0.380. The van der Waals surface area contributed by atoms with Crippen LogP contribution < -0.4 is 0 Å². The van der Waals surface area contributed by atoms with E-state index in [4.69, 9.17) is 5.26 Å². The van der Waals surface area contributed by atoms with E-state index in [2.05, 4.69) is 4.98 Å². The third-order valence-corrected chi connectivity index (χ3v) is 3.48. The molecule has 2 heterocycles. The smallest absolute Gasteiger partial charge is 0.258 e. The lowest BCUT2D eigenvalue weighted by atomic mass is 10.2. The number of rotatable bonds is 2. The van der Waals surface area contributed by atoms with Crippen molar-refractivity contribution < 1.29 is 4.92 Å². The highest BCUT2D eigenvalue weighted by atomic mass is 32.1. The van der Waals surface area contributed by atoms with Crippen LogP contribution in [0.4, 0.5) is 5.00 Å². The van der Waals surface area contributed by atoms with E-state index < -0.39 is 4.92 Å². The molecule has 2 aromatic rings. The number of nitriles is 1. The van der Waals surface area contributed by atoms with Crippen molar-refractivity contribution in [1.29, 1.82) is 5.26 Å². The summed E-state index contributed by atoms with van der Waals surface area (Å²) in [6, 6.07) is 1.86. The Labute approximate surface area is 92.4 Å². The maximum Gasteiger partial charge on any atom is 0.342 e. The maximum atomic E-state index is 10.6. The van der Waals surface area contributed by atoms with Crippen LogP contribution in [0.1, 0.15) is 5.56 Å². The molecule has 74 valence electrons. The van der Waals surface area contributed by atoms with Gasteiger partial charge in [0.2, 0.25) is 0 Å². The first kappa shape index (κ1) is 9.76. The van der Waals surface area contributed by atoms with Crippen LogP contribution in [0.25, 0.3) is 10.4 Å². The highest BCUT2D eigenvalue weighted by molar-refractivity contribution is 7.16. The molecule has 2 aromatic heterocycles. The van der Waals surface area contributed by atoms with Crippen LogP contribution in [0.3, 0.4) is 0 Å². The highest BCUT2D eigenvalue weighted by Crippen LogP contribution is 2.37. The van der Waals surface area contributed by atoms with Gasteiger partial charge in [0.15, 0.2) is 5.56 Å². The number of thiazole rings is 1. The van der Waals surface area contributed by atoms with Crippen LogP contribution >= 0.6 is 22.7 Å². The molecule has 0 saturated heterocycles. The van der Waals surface area contributed by atoms with Crippen molar-refractivity contribution in [2.45, 2.75) is 0 Å². The van der Waals surface area contributed by atoms with Gasteiger partial charge in [-0.2, -0.15) is 5.26 Å². The summed E-state index contributed by atoms with van der Waals surface area (Å²) in [7, 11) is 0. The van der Waals surface area contributed by atoms with Crippen molar-refractivity contribution in [1.82, 2.24) is 4.98 Å². The summed E-state index contributed by atoms with van der Waals surface area (Å²) in [5, 5.41) is 21.0. The summed E-state index contributed by atoms with van der Waals surface area (Å²) >= 11 is 2.32. The molecule has 0 amide bonds. The predicted octanol–water partition coefficient (Wildman–Crippen LogP) is 2.65. The molecule has 0 saturated carbocycles. The van der Waals surface area contributed by atoms with Gasteiger partial charge in [-0.1, -0.05) is 11.3 Å². The molecule has 0 aliphatic carbocycles. The number of thiophene rings is 1. The van der Waals surface area contributed by atoms with Gasteiger partial charge in [0.05, 0.1) is 15.3 Å². The quantitative estimate of drug-likeness (QED) is 0.594. The van der Waals surface area contributed by atoms with Gasteiger partial charge in [0, 0.05) is 17.1 Å². The molecule has 0 bridgehead atoms. The average Bonchev–Trinajstić information content (AvgIpc) is 2.85.